The van der Waals surface area contributed by atoms with Crippen molar-refractivity contribution in [3.8, 4) is 5.75 Å². The Balaban J connectivity index is 2.32. The molecule has 11 heteroatoms. The Morgan fingerprint density at radius 1 is 0.911 bits per heavy atom. The van der Waals surface area contributed by atoms with Gasteiger partial charge < -0.3 is 20.3 Å². The summed E-state index contributed by atoms with van der Waals surface area (Å²) in [6, 6.07) is 13.3. The van der Waals surface area contributed by atoms with Crippen molar-refractivity contribution < 1.29 is 27.5 Å². The van der Waals surface area contributed by atoms with Gasteiger partial charge in [-0.25, -0.2) is 13.1 Å². The summed E-state index contributed by atoms with van der Waals surface area (Å²) < 4.78 is 32.9. The lowest BCUT2D eigenvalue weighted by molar-refractivity contribution is -0.140. The average Bonchev–Trinajstić information content (AvgIpc) is 2.97. The van der Waals surface area contributed by atoms with E-state index < -0.39 is 44.9 Å². The van der Waals surface area contributed by atoms with E-state index in [0.29, 0.717) is 5.75 Å². The van der Waals surface area contributed by atoms with Crippen molar-refractivity contribution in [1.82, 2.24) is 20.3 Å². The lowest BCUT2D eigenvalue weighted by atomic mass is 9.76. The third-order valence-electron chi connectivity index (χ3n) is 8.04. The van der Waals surface area contributed by atoms with Crippen LogP contribution in [0.3, 0.4) is 0 Å². The quantitative estimate of drug-likeness (QED) is 0.281. The Bertz CT molecular complexity index is 1460. The van der Waals surface area contributed by atoms with Gasteiger partial charge in [-0.2, -0.15) is 0 Å². The summed E-state index contributed by atoms with van der Waals surface area (Å²) in [5.41, 5.74) is -0.137. The molecule has 0 saturated heterocycles. The standard InChI is InChI=1S/C34H50N4O6S/c1-22(2)27(21-23(3)30(39)37-45(42,43)26-19-17-25(44-11)18-20-26)38(10)32(41)29(33(4,5)6)36-31(40)28(35-9)34(7,8)24-15-13-12-14-16-24/h12-22,27-29,35H,1-11H3,(H,36,40)(H,37,39)/b23-21+. The van der Waals surface area contributed by atoms with Crippen LogP contribution in [0.2, 0.25) is 0 Å². The fourth-order valence-corrected chi connectivity index (χ4v) is 6.20. The van der Waals surface area contributed by atoms with Gasteiger partial charge in [0.15, 0.2) is 0 Å². The SMILES string of the molecule is CNC(C(=O)NC(C(=O)N(C)C(/C=C(\C)C(=O)NS(=O)(=O)c1ccc(OC)cc1)C(C)C)C(C)(C)C)C(C)(C)c1ccccc1. The van der Waals surface area contributed by atoms with E-state index in [-0.39, 0.29) is 28.2 Å². The number of carbonyl (C=O) groups is 3. The molecule has 248 valence electrons. The minimum Gasteiger partial charge on any atom is -0.497 e. The first kappa shape index (κ1) is 37.5. The molecule has 45 heavy (non-hydrogen) atoms. The molecule has 2 aromatic rings. The highest BCUT2D eigenvalue weighted by atomic mass is 32.2. The second-order valence-corrected chi connectivity index (χ2v) is 14.9. The molecular weight excluding hydrogens is 592 g/mol. The Hall–Kier alpha value is -3.70. The molecule has 0 aliphatic rings. The van der Waals surface area contributed by atoms with E-state index in [9.17, 15) is 22.8 Å². The molecule has 0 spiro atoms. The summed E-state index contributed by atoms with van der Waals surface area (Å²) >= 11 is 0. The van der Waals surface area contributed by atoms with Crippen molar-refractivity contribution in [2.24, 2.45) is 11.3 Å². The Morgan fingerprint density at radius 3 is 1.93 bits per heavy atom. The number of nitrogens with one attached hydrogen (secondary N) is 3. The van der Waals surface area contributed by atoms with Gasteiger partial charge in [0.25, 0.3) is 15.9 Å². The van der Waals surface area contributed by atoms with Gasteiger partial charge in [0.2, 0.25) is 11.8 Å². The summed E-state index contributed by atoms with van der Waals surface area (Å²) in [7, 11) is 0.668. The number of nitrogens with zero attached hydrogens (tertiary/aromatic N) is 1. The smallest absolute Gasteiger partial charge is 0.264 e. The largest absolute Gasteiger partial charge is 0.497 e. The number of amides is 3. The molecule has 0 bridgehead atoms. The van der Waals surface area contributed by atoms with Gasteiger partial charge in [0.05, 0.1) is 24.1 Å². The molecule has 10 nitrogen and oxygen atoms in total. The minimum atomic E-state index is -4.14. The van der Waals surface area contributed by atoms with Crippen molar-refractivity contribution >= 4 is 27.7 Å². The van der Waals surface area contributed by atoms with E-state index >= 15 is 0 Å². The number of hydrogen-bond donors (Lipinski definition) is 3. The van der Waals surface area contributed by atoms with Gasteiger partial charge in [-0.05, 0) is 55.1 Å². The Kier molecular flexibility index (Phi) is 12.5. The fraction of sp³-hybridized carbons (Fsp3) is 0.500. The fourth-order valence-electron chi connectivity index (χ4n) is 5.18. The maximum Gasteiger partial charge on any atom is 0.264 e. The lowest BCUT2D eigenvalue weighted by Crippen LogP contribution is -2.61. The van der Waals surface area contributed by atoms with Crippen LogP contribution in [0.25, 0.3) is 0 Å². The maximum atomic E-state index is 14.1. The Morgan fingerprint density at radius 2 is 1.47 bits per heavy atom. The highest BCUT2D eigenvalue weighted by molar-refractivity contribution is 7.90. The number of likely N-dealkylation sites (N-methyl/N-ethyl adjacent to an activating group) is 2. The summed E-state index contributed by atoms with van der Waals surface area (Å²) in [6.07, 6.45) is 1.58. The van der Waals surface area contributed by atoms with E-state index in [1.54, 1.807) is 20.2 Å². The highest BCUT2D eigenvalue weighted by Gasteiger charge is 2.41. The molecule has 0 saturated carbocycles. The van der Waals surface area contributed by atoms with Crippen molar-refractivity contribution in [1.29, 1.82) is 0 Å². The van der Waals surface area contributed by atoms with E-state index in [1.807, 2.05) is 78.8 Å². The van der Waals surface area contributed by atoms with Gasteiger partial charge in [-0.3, -0.25) is 14.4 Å². The number of ether oxygens (including phenoxy) is 1. The topological polar surface area (TPSA) is 134 Å². The van der Waals surface area contributed by atoms with Gasteiger partial charge in [0.1, 0.15) is 11.8 Å². The molecule has 0 aliphatic heterocycles. The van der Waals surface area contributed by atoms with Gasteiger partial charge >= 0.3 is 0 Å². The predicted molar refractivity (Wildman–Crippen MR) is 177 cm³/mol. The van der Waals surface area contributed by atoms with Crippen LogP contribution in [-0.4, -0.2) is 70.4 Å². The monoisotopic (exact) mass is 642 g/mol. The van der Waals surface area contributed by atoms with Crippen LogP contribution in [0.15, 0.2) is 71.1 Å². The molecule has 2 aromatic carbocycles. The van der Waals surface area contributed by atoms with Crippen molar-refractivity contribution in [2.45, 2.75) is 83.8 Å². The van der Waals surface area contributed by atoms with E-state index in [1.165, 1.54) is 43.2 Å². The van der Waals surface area contributed by atoms with Crippen molar-refractivity contribution in [2.75, 3.05) is 21.2 Å². The van der Waals surface area contributed by atoms with Gasteiger partial charge in [-0.1, -0.05) is 84.9 Å². The maximum absolute atomic E-state index is 14.1. The molecule has 3 atom stereocenters. The van der Waals surface area contributed by atoms with Crippen molar-refractivity contribution in [3.05, 3.63) is 71.8 Å². The third-order valence-corrected chi connectivity index (χ3v) is 9.39. The molecule has 0 aliphatic carbocycles. The zero-order chi connectivity index (χ0) is 34.3. The highest BCUT2D eigenvalue weighted by Crippen LogP contribution is 2.29. The van der Waals surface area contributed by atoms with E-state index in [0.717, 1.165) is 5.56 Å². The van der Waals surface area contributed by atoms with Crippen LogP contribution < -0.4 is 20.1 Å². The average molecular weight is 643 g/mol. The molecule has 3 amide bonds. The molecule has 2 rings (SSSR count). The molecule has 0 fully saturated rings. The van der Waals surface area contributed by atoms with Crippen LogP contribution in [-0.2, 0) is 29.8 Å². The van der Waals surface area contributed by atoms with Crippen LogP contribution in [0.1, 0.15) is 61.0 Å². The lowest BCUT2D eigenvalue weighted by Gasteiger charge is -2.40. The number of methoxy groups -OCH3 is 1. The number of benzene rings is 2. The number of rotatable bonds is 13. The molecule has 0 heterocycles. The second-order valence-electron chi connectivity index (χ2n) is 13.3. The van der Waals surface area contributed by atoms with E-state index in [4.69, 9.17) is 4.74 Å². The van der Waals surface area contributed by atoms with Gasteiger partial charge in [-0.15, -0.1) is 0 Å². The molecule has 3 unspecified atom stereocenters. The van der Waals surface area contributed by atoms with Crippen LogP contribution in [0.4, 0.5) is 0 Å². The van der Waals surface area contributed by atoms with E-state index in [2.05, 4.69) is 15.4 Å². The number of carbonyl (C=O) groups excluding carboxylic acids is 3. The third kappa shape index (κ3) is 9.40. The summed E-state index contributed by atoms with van der Waals surface area (Å²) in [5.74, 6) is -1.12. The molecular formula is C34H50N4O6S. The summed E-state index contributed by atoms with van der Waals surface area (Å²) in [5, 5.41) is 6.15. The first-order valence-electron chi connectivity index (χ1n) is 15.0. The van der Waals surface area contributed by atoms with Crippen LogP contribution >= 0.6 is 0 Å². The molecule has 3 N–H and O–H groups in total. The first-order valence-corrected chi connectivity index (χ1v) is 16.5. The zero-order valence-corrected chi connectivity index (χ0v) is 29.2. The number of hydrogen-bond acceptors (Lipinski definition) is 7. The normalized spacial score (nSPS) is 14.7. The van der Waals surface area contributed by atoms with Gasteiger partial charge in [0, 0.05) is 18.0 Å². The number of sulfonamides is 1. The van der Waals surface area contributed by atoms with Crippen LogP contribution in [0, 0.1) is 11.3 Å². The molecule has 0 aromatic heterocycles. The minimum absolute atomic E-state index is 0.0868. The molecule has 0 radical (unpaired) electrons. The van der Waals surface area contributed by atoms with Crippen molar-refractivity contribution in [3.63, 3.8) is 0 Å². The first-order chi connectivity index (χ1) is 20.8. The Labute approximate surface area is 269 Å². The summed E-state index contributed by atoms with van der Waals surface area (Å²) in [4.78, 5) is 42.3. The van der Waals surface area contributed by atoms with Crippen LogP contribution in [0.5, 0.6) is 5.75 Å². The summed E-state index contributed by atoms with van der Waals surface area (Å²) in [6.45, 7) is 14.9. The second kappa shape index (κ2) is 15.1. The zero-order valence-electron chi connectivity index (χ0n) is 28.4. The predicted octanol–water partition coefficient (Wildman–Crippen LogP) is 4.03.